The largest absolute Gasteiger partial charge is 0.347 e. The van der Waals surface area contributed by atoms with Gasteiger partial charge in [-0.25, -0.2) is 0 Å². The van der Waals surface area contributed by atoms with Crippen molar-refractivity contribution in [2.24, 2.45) is 5.92 Å². The van der Waals surface area contributed by atoms with Crippen molar-refractivity contribution in [3.8, 4) is 0 Å². The van der Waals surface area contributed by atoms with Crippen molar-refractivity contribution in [1.82, 2.24) is 20.5 Å². The Morgan fingerprint density at radius 3 is 2.48 bits per heavy atom. The Kier molecular flexibility index (Phi) is 7.45. The van der Waals surface area contributed by atoms with Crippen LogP contribution < -0.4 is 16.0 Å². The lowest BCUT2D eigenvalue weighted by Gasteiger charge is -2.25. The molecule has 0 bridgehead atoms. The molecular weight excluding hydrogens is 404 g/mol. The average molecular weight is 445 g/mol. The highest BCUT2D eigenvalue weighted by molar-refractivity contribution is 5.85. The van der Waals surface area contributed by atoms with E-state index >= 15 is 0 Å². The summed E-state index contributed by atoms with van der Waals surface area (Å²) in [7, 11) is 0. The molecule has 1 atom stereocenters. The second-order valence-electron chi connectivity index (χ2n) is 10.2. The molecule has 0 spiro atoms. The molecule has 2 fully saturated rings. The third kappa shape index (κ3) is 5.51. The van der Waals surface area contributed by atoms with E-state index in [0.717, 1.165) is 51.6 Å². The smallest absolute Gasteiger partial charge is 0.0483 e. The van der Waals surface area contributed by atoms with Crippen molar-refractivity contribution in [2.75, 3.05) is 32.7 Å². The molecule has 3 N–H and O–H groups in total. The zero-order valence-corrected chi connectivity index (χ0v) is 20.2. The Morgan fingerprint density at radius 2 is 1.70 bits per heavy atom. The van der Waals surface area contributed by atoms with E-state index in [4.69, 9.17) is 0 Å². The highest BCUT2D eigenvalue weighted by Gasteiger charge is 2.22. The van der Waals surface area contributed by atoms with E-state index in [-0.39, 0.29) is 0 Å². The molecule has 2 aliphatic rings. The maximum absolute atomic E-state index is 3.87. The van der Waals surface area contributed by atoms with E-state index < -0.39 is 0 Å². The molecule has 4 heteroatoms. The van der Waals surface area contributed by atoms with Gasteiger partial charge in [0.2, 0.25) is 0 Å². The summed E-state index contributed by atoms with van der Waals surface area (Å²) in [5, 5.41) is 12.3. The second-order valence-corrected chi connectivity index (χ2v) is 10.2. The van der Waals surface area contributed by atoms with E-state index in [1.807, 2.05) is 0 Å². The topological polar surface area (TPSA) is 41.0 Å². The molecule has 2 saturated heterocycles. The number of para-hydroxylation sites is 1. The first-order chi connectivity index (χ1) is 16.3. The molecule has 3 heterocycles. The molecular formula is C29H40N4. The molecule has 0 radical (unpaired) electrons. The summed E-state index contributed by atoms with van der Waals surface area (Å²) < 4.78 is 2.56. The predicted octanol–water partition coefficient (Wildman–Crippen LogP) is 4.81. The van der Waals surface area contributed by atoms with Crippen LogP contribution in [0.15, 0.2) is 54.7 Å². The van der Waals surface area contributed by atoms with Crippen molar-refractivity contribution in [3.63, 3.8) is 0 Å². The lowest BCUT2D eigenvalue weighted by Crippen LogP contribution is -2.40. The van der Waals surface area contributed by atoms with Crippen LogP contribution in [0.4, 0.5) is 0 Å². The number of nitrogens with one attached hydrogen (secondary N) is 3. The van der Waals surface area contributed by atoms with Gasteiger partial charge in [-0.2, -0.15) is 0 Å². The fourth-order valence-corrected chi connectivity index (χ4v) is 5.89. The number of hydrogen-bond acceptors (Lipinski definition) is 3. The van der Waals surface area contributed by atoms with Crippen molar-refractivity contribution < 1.29 is 0 Å². The maximum Gasteiger partial charge on any atom is 0.0483 e. The van der Waals surface area contributed by atoms with Crippen LogP contribution in [0, 0.1) is 12.8 Å². The van der Waals surface area contributed by atoms with Gasteiger partial charge in [-0.1, -0.05) is 48.0 Å². The van der Waals surface area contributed by atoms with Crippen molar-refractivity contribution >= 4 is 10.9 Å². The van der Waals surface area contributed by atoms with E-state index in [2.05, 4.69) is 82.2 Å². The highest BCUT2D eigenvalue weighted by atomic mass is 15.0. The van der Waals surface area contributed by atoms with Gasteiger partial charge in [0.05, 0.1) is 0 Å². The number of aryl methyl sites for hydroxylation is 1. The first kappa shape index (κ1) is 22.6. The molecule has 33 heavy (non-hydrogen) atoms. The number of hydrogen-bond donors (Lipinski definition) is 3. The Bertz CT molecular complexity index is 1030. The van der Waals surface area contributed by atoms with Gasteiger partial charge < -0.3 is 20.5 Å². The summed E-state index contributed by atoms with van der Waals surface area (Å²) in [6.07, 6.45) is 8.67. The highest BCUT2D eigenvalue weighted by Crippen LogP contribution is 2.35. The van der Waals surface area contributed by atoms with Gasteiger partial charge in [0, 0.05) is 35.6 Å². The normalized spacial score (nSPS) is 19.2. The monoisotopic (exact) mass is 444 g/mol. The standard InChI is InChI=1S/C29H40N4/c1-22-5-4-6-24(19-22)26(13-18-32-25-11-16-31-17-12-25)28-21-33(20-23-9-14-30-15-10-23)29-8-3-2-7-27(28)29/h2-8,19,21,23,25-26,30-32H,9-18,20H2,1H3. The van der Waals surface area contributed by atoms with Gasteiger partial charge in [-0.15, -0.1) is 0 Å². The van der Waals surface area contributed by atoms with Gasteiger partial charge in [-0.05, 0) is 94.9 Å². The molecule has 3 aromatic rings. The van der Waals surface area contributed by atoms with Gasteiger partial charge in [-0.3, -0.25) is 0 Å². The molecule has 4 nitrogen and oxygen atoms in total. The second kappa shape index (κ2) is 10.9. The molecule has 0 saturated carbocycles. The summed E-state index contributed by atoms with van der Waals surface area (Å²) in [6.45, 7) is 9.02. The molecule has 2 aliphatic heterocycles. The Labute approximate surface area is 199 Å². The van der Waals surface area contributed by atoms with Crippen LogP contribution in [0.1, 0.15) is 54.7 Å². The van der Waals surface area contributed by atoms with Crippen LogP contribution in [0.25, 0.3) is 10.9 Å². The molecule has 5 rings (SSSR count). The molecule has 2 aromatic carbocycles. The first-order valence-corrected chi connectivity index (χ1v) is 13.1. The zero-order valence-electron chi connectivity index (χ0n) is 20.2. The minimum Gasteiger partial charge on any atom is -0.347 e. The first-order valence-electron chi connectivity index (χ1n) is 13.1. The maximum atomic E-state index is 3.87. The van der Waals surface area contributed by atoms with Crippen molar-refractivity contribution in [3.05, 3.63) is 71.4 Å². The predicted molar refractivity (Wildman–Crippen MR) is 139 cm³/mol. The molecule has 1 aromatic heterocycles. The Balaban J connectivity index is 1.43. The average Bonchev–Trinajstić information content (AvgIpc) is 3.21. The molecule has 1 unspecified atom stereocenters. The number of aromatic nitrogens is 1. The number of rotatable bonds is 8. The molecule has 0 amide bonds. The van der Waals surface area contributed by atoms with Crippen LogP contribution in [0.3, 0.4) is 0 Å². The van der Waals surface area contributed by atoms with Gasteiger partial charge in [0.15, 0.2) is 0 Å². The SMILES string of the molecule is Cc1cccc(C(CCNC2CCNCC2)c2cn(CC3CCNCC3)c3ccccc23)c1. The van der Waals surface area contributed by atoms with Crippen molar-refractivity contribution in [1.29, 1.82) is 0 Å². The lowest BCUT2D eigenvalue weighted by molar-refractivity contribution is 0.336. The Morgan fingerprint density at radius 1 is 0.939 bits per heavy atom. The number of benzene rings is 2. The summed E-state index contributed by atoms with van der Waals surface area (Å²) in [5.74, 6) is 1.19. The van der Waals surface area contributed by atoms with E-state index in [1.165, 1.54) is 53.3 Å². The van der Waals surface area contributed by atoms with Crippen LogP contribution in [0.2, 0.25) is 0 Å². The van der Waals surface area contributed by atoms with Gasteiger partial charge in [0.25, 0.3) is 0 Å². The zero-order chi connectivity index (χ0) is 22.5. The van der Waals surface area contributed by atoms with E-state index in [1.54, 1.807) is 0 Å². The fraction of sp³-hybridized carbons (Fsp3) is 0.517. The summed E-state index contributed by atoms with van der Waals surface area (Å²) in [6, 6.07) is 18.9. The molecule has 0 aliphatic carbocycles. The third-order valence-corrected chi connectivity index (χ3v) is 7.76. The van der Waals surface area contributed by atoms with E-state index in [0.29, 0.717) is 12.0 Å². The third-order valence-electron chi connectivity index (χ3n) is 7.76. The van der Waals surface area contributed by atoms with Crippen LogP contribution >= 0.6 is 0 Å². The quantitative estimate of drug-likeness (QED) is 0.467. The van der Waals surface area contributed by atoms with E-state index in [9.17, 15) is 0 Å². The van der Waals surface area contributed by atoms with Gasteiger partial charge in [0.1, 0.15) is 0 Å². The van der Waals surface area contributed by atoms with Gasteiger partial charge >= 0.3 is 0 Å². The minimum atomic E-state index is 0.415. The summed E-state index contributed by atoms with van der Waals surface area (Å²) in [5.41, 5.74) is 5.70. The number of piperidine rings is 2. The van der Waals surface area contributed by atoms with Crippen LogP contribution in [0.5, 0.6) is 0 Å². The summed E-state index contributed by atoms with van der Waals surface area (Å²) in [4.78, 5) is 0. The fourth-order valence-electron chi connectivity index (χ4n) is 5.89. The Hall–Kier alpha value is -2.14. The minimum absolute atomic E-state index is 0.415. The molecule has 176 valence electrons. The number of fused-ring (bicyclic) bond motifs is 1. The summed E-state index contributed by atoms with van der Waals surface area (Å²) >= 11 is 0. The van der Waals surface area contributed by atoms with Crippen molar-refractivity contribution in [2.45, 2.75) is 57.5 Å². The van der Waals surface area contributed by atoms with Crippen LogP contribution in [-0.2, 0) is 6.54 Å². The van der Waals surface area contributed by atoms with Crippen LogP contribution in [-0.4, -0.2) is 43.3 Å². The number of nitrogens with zero attached hydrogens (tertiary/aromatic N) is 1. The lowest BCUT2D eigenvalue weighted by atomic mass is 9.87.